The van der Waals surface area contributed by atoms with E-state index in [9.17, 15) is 0 Å². The predicted octanol–water partition coefficient (Wildman–Crippen LogP) is 2.64. The van der Waals surface area contributed by atoms with Crippen LogP contribution in [-0.4, -0.2) is 33.2 Å². The first kappa shape index (κ1) is 14.7. The average molecular weight is 260 g/mol. The highest BCUT2D eigenvalue weighted by molar-refractivity contribution is 6.45. The number of hydrogen-bond donors (Lipinski definition) is 0. The van der Waals surface area contributed by atoms with Crippen LogP contribution in [0.1, 0.15) is 27.7 Å². The SMILES string of the molecule is CCO[Si](OCC)OC(C)(C)C(Cl)Cl. The minimum Gasteiger partial charge on any atom is -0.371 e. The second kappa shape index (κ2) is 7.03. The van der Waals surface area contributed by atoms with Gasteiger partial charge >= 0.3 is 9.53 Å². The third kappa shape index (κ3) is 5.53. The molecular weight excluding hydrogens is 243 g/mol. The Kier molecular flexibility index (Phi) is 7.37. The van der Waals surface area contributed by atoms with Crippen LogP contribution in [0.15, 0.2) is 0 Å². The second-order valence-corrected chi connectivity index (χ2v) is 5.50. The van der Waals surface area contributed by atoms with Crippen LogP contribution in [0.4, 0.5) is 0 Å². The van der Waals surface area contributed by atoms with E-state index < -0.39 is 20.0 Å². The van der Waals surface area contributed by atoms with E-state index in [0.717, 1.165) is 0 Å². The number of halogens is 2. The molecular formula is C8H17Cl2O3Si. The Morgan fingerprint density at radius 2 is 1.57 bits per heavy atom. The van der Waals surface area contributed by atoms with Gasteiger partial charge in [0.25, 0.3) is 0 Å². The van der Waals surface area contributed by atoms with E-state index in [-0.39, 0.29) is 0 Å². The summed E-state index contributed by atoms with van der Waals surface area (Å²) >= 11 is 11.5. The van der Waals surface area contributed by atoms with Crippen LogP contribution in [0.5, 0.6) is 0 Å². The molecule has 0 fully saturated rings. The highest BCUT2D eigenvalue weighted by Gasteiger charge is 2.34. The number of alkyl halides is 2. The van der Waals surface area contributed by atoms with Crippen molar-refractivity contribution in [1.29, 1.82) is 0 Å². The predicted molar refractivity (Wildman–Crippen MR) is 59.7 cm³/mol. The van der Waals surface area contributed by atoms with Crippen molar-refractivity contribution in [3.05, 3.63) is 0 Å². The molecule has 0 bridgehead atoms. The summed E-state index contributed by atoms with van der Waals surface area (Å²) in [6.07, 6.45) is 0. The molecule has 0 aromatic rings. The van der Waals surface area contributed by atoms with Crippen molar-refractivity contribution < 1.29 is 13.3 Å². The van der Waals surface area contributed by atoms with Gasteiger partial charge in [-0.2, -0.15) is 0 Å². The summed E-state index contributed by atoms with van der Waals surface area (Å²) in [7, 11) is -1.72. The third-order valence-corrected chi connectivity index (χ3v) is 4.19. The summed E-state index contributed by atoms with van der Waals surface area (Å²) in [6, 6.07) is 0. The van der Waals surface area contributed by atoms with Crippen LogP contribution in [0, 0.1) is 0 Å². The monoisotopic (exact) mass is 259 g/mol. The molecule has 85 valence electrons. The summed E-state index contributed by atoms with van der Waals surface area (Å²) < 4.78 is 16.2. The summed E-state index contributed by atoms with van der Waals surface area (Å²) in [5.74, 6) is 0. The topological polar surface area (TPSA) is 27.7 Å². The molecule has 0 atom stereocenters. The molecule has 0 spiro atoms. The Bertz CT molecular complexity index is 150. The molecule has 0 aliphatic rings. The van der Waals surface area contributed by atoms with Crippen molar-refractivity contribution in [1.82, 2.24) is 0 Å². The van der Waals surface area contributed by atoms with E-state index in [1.54, 1.807) is 13.8 Å². The molecule has 0 saturated carbocycles. The third-order valence-electron chi connectivity index (χ3n) is 1.40. The van der Waals surface area contributed by atoms with Gasteiger partial charge < -0.3 is 13.3 Å². The standard InChI is InChI=1S/C8H17Cl2O3Si/c1-5-11-14(12-6-2)13-8(3,4)7(9)10/h7H,5-6H2,1-4H3. The molecule has 0 aliphatic carbocycles. The zero-order valence-corrected chi connectivity index (χ0v) is 11.5. The molecule has 0 saturated heterocycles. The van der Waals surface area contributed by atoms with E-state index in [4.69, 9.17) is 36.5 Å². The van der Waals surface area contributed by atoms with E-state index in [0.29, 0.717) is 13.2 Å². The molecule has 0 heterocycles. The summed E-state index contributed by atoms with van der Waals surface area (Å²) in [4.78, 5) is -0.608. The molecule has 0 rings (SSSR count). The fraction of sp³-hybridized carbons (Fsp3) is 1.00. The van der Waals surface area contributed by atoms with Gasteiger partial charge in [-0.05, 0) is 27.7 Å². The van der Waals surface area contributed by atoms with Crippen molar-refractivity contribution in [2.75, 3.05) is 13.2 Å². The maximum absolute atomic E-state index is 5.76. The molecule has 0 aromatic carbocycles. The average Bonchev–Trinajstić information content (AvgIpc) is 2.04. The maximum atomic E-state index is 5.76. The van der Waals surface area contributed by atoms with Crippen molar-refractivity contribution in [3.63, 3.8) is 0 Å². The first-order valence-corrected chi connectivity index (χ1v) is 6.63. The minimum absolute atomic E-state index is 0.555. The quantitative estimate of drug-likeness (QED) is 0.520. The van der Waals surface area contributed by atoms with E-state index in [1.807, 2.05) is 13.8 Å². The first-order valence-electron chi connectivity index (χ1n) is 4.53. The van der Waals surface area contributed by atoms with Crippen LogP contribution in [-0.2, 0) is 13.3 Å². The number of rotatable bonds is 7. The van der Waals surface area contributed by atoms with Crippen molar-refractivity contribution in [2.45, 2.75) is 38.1 Å². The van der Waals surface area contributed by atoms with Gasteiger partial charge in [0.05, 0.1) is 5.60 Å². The Labute approximate surface area is 97.6 Å². The van der Waals surface area contributed by atoms with Crippen LogP contribution in [0.25, 0.3) is 0 Å². The van der Waals surface area contributed by atoms with Crippen molar-refractivity contribution >= 4 is 32.7 Å². The van der Waals surface area contributed by atoms with Gasteiger partial charge in [0.15, 0.2) is 0 Å². The lowest BCUT2D eigenvalue weighted by Gasteiger charge is -2.29. The highest BCUT2D eigenvalue weighted by Crippen LogP contribution is 2.24. The van der Waals surface area contributed by atoms with E-state index >= 15 is 0 Å². The smallest absolute Gasteiger partial charge is 0.371 e. The van der Waals surface area contributed by atoms with Gasteiger partial charge in [0.2, 0.25) is 0 Å². The van der Waals surface area contributed by atoms with Gasteiger partial charge in [-0.1, -0.05) is 0 Å². The molecule has 0 aromatic heterocycles. The summed E-state index contributed by atoms with van der Waals surface area (Å²) in [6.45, 7) is 8.50. The molecule has 3 nitrogen and oxygen atoms in total. The van der Waals surface area contributed by atoms with Crippen LogP contribution >= 0.6 is 23.2 Å². The molecule has 6 heteroatoms. The molecule has 0 N–H and O–H groups in total. The minimum atomic E-state index is -1.72. The highest BCUT2D eigenvalue weighted by atomic mass is 35.5. The fourth-order valence-corrected chi connectivity index (χ4v) is 2.05. The second-order valence-electron chi connectivity index (χ2n) is 3.12. The Morgan fingerprint density at radius 3 is 1.86 bits per heavy atom. The van der Waals surface area contributed by atoms with E-state index in [2.05, 4.69) is 0 Å². The normalized spacial score (nSPS) is 12.9. The lowest BCUT2D eigenvalue weighted by atomic mass is 10.2. The zero-order chi connectivity index (χ0) is 11.2. The van der Waals surface area contributed by atoms with Crippen LogP contribution in [0.2, 0.25) is 0 Å². The summed E-state index contributed by atoms with van der Waals surface area (Å²) in [5, 5.41) is 0. The van der Waals surface area contributed by atoms with Gasteiger partial charge in [0, 0.05) is 13.2 Å². The Balaban J connectivity index is 4.12. The zero-order valence-electron chi connectivity index (χ0n) is 8.97. The fourth-order valence-electron chi connectivity index (χ4n) is 0.596. The molecule has 1 radical (unpaired) electrons. The lowest BCUT2D eigenvalue weighted by Crippen LogP contribution is -2.41. The van der Waals surface area contributed by atoms with Crippen molar-refractivity contribution in [3.8, 4) is 0 Å². The van der Waals surface area contributed by atoms with Gasteiger partial charge in [0.1, 0.15) is 4.84 Å². The molecule has 14 heavy (non-hydrogen) atoms. The Hall–Kier alpha value is 0.677. The lowest BCUT2D eigenvalue weighted by molar-refractivity contribution is 0.0234. The molecule has 0 aliphatic heterocycles. The van der Waals surface area contributed by atoms with Crippen LogP contribution < -0.4 is 0 Å². The van der Waals surface area contributed by atoms with Gasteiger partial charge in [-0.25, -0.2) is 0 Å². The molecule has 0 amide bonds. The number of hydrogen-bond acceptors (Lipinski definition) is 3. The van der Waals surface area contributed by atoms with Crippen LogP contribution in [0.3, 0.4) is 0 Å². The summed E-state index contributed by atoms with van der Waals surface area (Å²) in [5.41, 5.74) is -0.651. The molecule has 0 unspecified atom stereocenters. The van der Waals surface area contributed by atoms with Gasteiger partial charge in [-0.3, -0.25) is 0 Å². The largest absolute Gasteiger partial charge is 0.578 e. The Morgan fingerprint density at radius 1 is 1.14 bits per heavy atom. The van der Waals surface area contributed by atoms with Crippen molar-refractivity contribution in [2.24, 2.45) is 0 Å². The maximum Gasteiger partial charge on any atom is 0.578 e. The van der Waals surface area contributed by atoms with Gasteiger partial charge in [-0.15, -0.1) is 23.2 Å². The van der Waals surface area contributed by atoms with E-state index in [1.165, 1.54) is 0 Å². The first-order chi connectivity index (χ1) is 6.44.